The molecule has 3 rings (SSSR count). The van der Waals surface area contributed by atoms with Gasteiger partial charge in [0.15, 0.2) is 5.78 Å². The summed E-state index contributed by atoms with van der Waals surface area (Å²) < 4.78 is 0. The van der Waals surface area contributed by atoms with Gasteiger partial charge in [-0.15, -0.1) is 0 Å². The maximum atomic E-state index is 12.6. The van der Waals surface area contributed by atoms with Crippen molar-refractivity contribution in [2.24, 2.45) is 0 Å². The van der Waals surface area contributed by atoms with Crippen molar-refractivity contribution >= 4 is 35.0 Å². The molecule has 1 aromatic heterocycles. The number of likely N-dealkylation sites (tertiary alicyclic amines) is 1. The van der Waals surface area contributed by atoms with Gasteiger partial charge in [0.1, 0.15) is 0 Å². The Kier molecular flexibility index (Phi) is 6.46. The number of anilines is 1. The molecular formula is C21H23N3O3S. The Labute approximate surface area is 168 Å². The van der Waals surface area contributed by atoms with Gasteiger partial charge in [0.2, 0.25) is 5.91 Å². The van der Waals surface area contributed by atoms with Crippen LogP contribution in [0.5, 0.6) is 0 Å². The number of hydrogen-bond donors (Lipinski definition) is 1. The number of ketones is 1. The highest BCUT2D eigenvalue weighted by molar-refractivity contribution is 8.00. The second-order valence-corrected chi connectivity index (χ2v) is 8.13. The van der Waals surface area contributed by atoms with Crippen LogP contribution in [0.4, 0.5) is 5.69 Å². The number of nitrogens with zero attached hydrogens (tertiary/aromatic N) is 2. The van der Waals surface area contributed by atoms with Crippen LogP contribution < -0.4 is 5.32 Å². The average molecular weight is 398 g/mol. The van der Waals surface area contributed by atoms with Crippen molar-refractivity contribution in [2.75, 3.05) is 18.4 Å². The van der Waals surface area contributed by atoms with E-state index in [4.69, 9.17) is 0 Å². The summed E-state index contributed by atoms with van der Waals surface area (Å²) in [5.41, 5.74) is 1.82. The highest BCUT2D eigenvalue weighted by atomic mass is 32.2. The summed E-state index contributed by atoms with van der Waals surface area (Å²) in [6.45, 7) is 4.89. The Morgan fingerprint density at radius 3 is 2.25 bits per heavy atom. The van der Waals surface area contributed by atoms with Crippen molar-refractivity contribution in [3.63, 3.8) is 0 Å². The van der Waals surface area contributed by atoms with Gasteiger partial charge >= 0.3 is 0 Å². The van der Waals surface area contributed by atoms with Gasteiger partial charge in [-0.1, -0.05) is 11.8 Å². The van der Waals surface area contributed by atoms with Crippen molar-refractivity contribution in [1.82, 2.24) is 9.88 Å². The lowest BCUT2D eigenvalue weighted by molar-refractivity contribution is -0.114. The number of aromatic nitrogens is 1. The highest BCUT2D eigenvalue weighted by Crippen LogP contribution is 2.25. The van der Waals surface area contributed by atoms with E-state index in [1.807, 2.05) is 11.8 Å². The molecule has 2 heterocycles. The maximum absolute atomic E-state index is 12.6. The molecule has 1 aliphatic heterocycles. The molecule has 7 heteroatoms. The molecule has 0 radical (unpaired) electrons. The molecule has 2 aromatic rings. The van der Waals surface area contributed by atoms with Crippen LogP contribution in [0.2, 0.25) is 0 Å². The number of carbonyl (C=O) groups excluding carboxylic acids is 3. The van der Waals surface area contributed by atoms with Crippen molar-refractivity contribution in [2.45, 2.75) is 37.0 Å². The summed E-state index contributed by atoms with van der Waals surface area (Å²) in [5, 5.41) is 3.06. The predicted molar refractivity (Wildman–Crippen MR) is 110 cm³/mol. The standard InChI is InChI=1S/C21H23N3O3S/c1-14(20(26)16-5-8-18(9-6-16)23-15(2)25)28-19-10-7-17(13-22-19)21(27)24-11-3-4-12-24/h5-10,13-14H,3-4,11-12H2,1-2H3,(H,23,25)/t14-/m1/s1. The summed E-state index contributed by atoms with van der Waals surface area (Å²) in [6, 6.07) is 10.4. The van der Waals surface area contributed by atoms with E-state index in [0.29, 0.717) is 21.8 Å². The van der Waals surface area contributed by atoms with E-state index < -0.39 is 0 Å². The fourth-order valence-corrected chi connectivity index (χ4v) is 3.94. The molecule has 0 unspecified atom stereocenters. The Bertz CT molecular complexity index is 859. The molecule has 6 nitrogen and oxygen atoms in total. The summed E-state index contributed by atoms with van der Waals surface area (Å²) in [5.74, 6) is -0.149. The minimum Gasteiger partial charge on any atom is -0.339 e. The normalized spacial score (nSPS) is 14.6. The van der Waals surface area contributed by atoms with Crippen LogP contribution in [-0.4, -0.2) is 45.8 Å². The quantitative estimate of drug-likeness (QED) is 0.595. The molecule has 0 spiro atoms. The maximum Gasteiger partial charge on any atom is 0.255 e. The highest BCUT2D eigenvalue weighted by Gasteiger charge is 2.21. The van der Waals surface area contributed by atoms with E-state index in [0.717, 1.165) is 25.9 Å². The Morgan fingerprint density at radius 1 is 1.04 bits per heavy atom. The summed E-state index contributed by atoms with van der Waals surface area (Å²) in [6.07, 6.45) is 3.69. The monoisotopic (exact) mass is 397 g/mol. The fraction of sp³-hybridized carbons (Fsp3) is 0.333. The van der Waals surface area contributed by atoms with Crippen molar-refractivity contribution in [3.05, 3.63) is 53.7 Å². The Balaban J connectivity index is 1.60. The summed E-state index contributed by atoms with van der Waals surface area (Å²) >= 11 is 1.36. The van der Waals surface area contributed by atoms with Crippen molar-refractivity contribution in [3.8, 4) is 0 Å². The lowest BCUT2D eigenvalue weighted by atomic mass is 10.1. The first-order chi connectivity index (χ1) is 13.4. The van der Waals surface area contributed by atoms with Crippen LogP contribution in [0.1, 0.15) is 47.4 Å². The topological polar surface area (TPSA) is 79.4 Å². The van der Waals surface area contributed by atoms with Gasteiger partial charge in [0, 0.05) is 37.5 Å². The molecule has 0 saturated carbocycles. The molecule has 1 fully saturated rings. The van der Waals surface area contributed by atoms with Crippen molar-refractivity contribution in [1.29, 1.82) is 0 Å². The van der Waals surface area contributed by atoms with E-state index in [9.17, 15) is 14.4 Å². The zero-order chi connectivity index (χ0) is 20.1. The summed E-state index contributed by atoms with van der Waals surface area (Å²) in [4.78, 5) is 42.3. The van der Waals surface area contributed by atoms with Gasteiger partial charge in [-0.2, -0.15) is 0 Å². The number of rotatable bonds is 6. The second kappa shape index (κ2) is 9.01. The van der Waals surface area contributed by atoms with E-state index in [-0.39, 0.29) is 22.8 Å². The average Bonchev–Trinajstić information content (AvgIpc) is 3.22. The van der Waals surface area contributed by atoms with Crippen LogP contribution >= 0.6 is 11.8 Å². The number of carbonyl (C=O) groups is 3. The first-order valence-corrected chi connectivity index (χ1v) is 10.2. The fourth-order valence-electron chi connectivity index (χ4n) is 3.07. The third-order valence-corrected chi connectivity index (χ3v) is 5.58. The first-order valence-electron chi connectivity index (χ1n) is 9.28. The molecular weight excluding hydrogens is 374 g/mol. The lowest BCUT2D eigenvalue weighted by Crippen LogP contribution is -2.27. The molecule has 1 N–H and O–H groups in total. The minimum atomic E-state index is -0.320. The van der Waals surface area contributed by atoms with Crippen LogP contribution in [0, 0.1) is 0 Å². The van der Waals surface area contributed by atoms with Crippen LogP contribution in [-0.2, 0) is 4.79 Å². The smallest absolute Gasteiger partial charge is 0.255 e. The molecule has 0 bridgehead atoms. The number of benzene rings is 1. The number of nitrogens with one attached hydrogen (secondary N) is 1. The number of Topliss-reactive ketones (excluding diaryl/α,β-unsaturated/α-hetero) is 1. The third-order valence-electron chi connectivity index (χ3n) is 4.53. The number of thioether (sulfide) groups is 1. The molecule has 2 amide bonds. The predicted octanol–water partition coefficient (Wildman–Crippen LogP) is 3.64. The van der Waals surface area contributed by atoms with E-state index in [1.54, 1.807) is 42.6 Å². The number of hydrogen-bond acceptors (Lipinski definition) is 5. The lowest BCUT2D eigenvalue weighted by Gasteiger charge is -2.15. The van der Waals surface area contributed by atoms with Crippen LogP contribution in [0.15, 0.2) is 47.6 Å². The van der Waals surface area contributed by atoms with Gasteiger partial charge in [0.25, 0.3) is 5.91 Å². The molecule has 1 atom stereocenters. The van der Waals surface area contributed by atoms with Crippen LogP contribution in [0.25, 0.3) is 0 Å². The van der Waals surface area contributed by atoms with Gasteiger partial charge < -0.3 is 10.2 Å². The molecule has 1 saturated heterocycles. The zero-order valence-electron chi connectivity index (χ0n) is 16.0. The second-order valence-electron chi connectivity index (χ2n) is 6.77. The Hall–Kier alpha value is -2.67. The molecule has 28 heavy (non-hydrogen) atoms. The molecule has 146 valence electrons. The largest absolute Gasteiger partial charge is 0.339 e. The summed E-state index contributed by atoms with van der Waals surface area (Å²) in [7, 11) is 0. The van der Waals surface area contributed by atoms with Gasteiger partial charge in [-0.05, 0) is 56.2 Å². The molecule has 0 aliphatic carbocycles. The van der Waals surface area contributed by atoms with E-state index >= 15 is 0 Å². The number of pyridine rings is 1. The molecule has 1 aromatic carbocycles. The minimum absolute atomic E-state index is 0.0154. The Morgan fingerprint density at radius 2 is 1.68 bits per heavy atom. The SMILES string of the molecule is CC(=O)Nc1ccc(C(=O)[C@@H](C)Sc2ccc(C(=O)N3CCCC3)cn2)cc1. The van der Waals surface area contributed by atoms with E-state index in [1.165, 1.54) is 18.7 Å². The van der Waals surface area contributed by atoms with Gasteiger partial charge in [-0.25, -0.2) is 4.98 Å². The van der Waals surface area contributed by atoms with Crippen molar-refractivity contribution < 1.29 is 14.4 Å². The third kappa shape index (κ3) is 4.98. The zero-order valence-corrected chi connectivity index (χ0v) is 16.8. The first kappa shape index (κ1) is 20.1. The van der Waals surface area contributed by atoms with E-state index in [2.05, 4.69) is 10.3 Å². The van der Waals surface area contributed by atoms with Gasteiger partial charge in [-0.3, -0.25) is 14.4 Å². The molecule has 1 aliphatic rings. The number of amides is 2. The van der Waals surface area contributed by atoms with Crippen LogP contribution in [0.3, 0.4) is 0 Å². The van der Waals surface area contributed by atoms with Gasteiger partial charge in [0.05, 0.1) is 15.8 Å².